The summed E-state index contributed by atoms with van der Waals surface area (Å²) >= 11 is 1.82. The van der Waals surface area contributed by atoms with Crippen molar-refractivity contribution in [3.63, 3.8) is 0 Å². The summed E-state index contributed by atoms with van der Waals surface area (Å²) in [7, 11) is 0. The molecule has 3 N–H and O–H groups in total. The number of hydrazine groups is 1. The standard InChI is InChI=1S/C7H18N2S/c1-7(2,3)6(9-8)5-10-4/h6,9H,5,8H2,1-4H3. The molecule has 0 saturated carbocycles. The van der Waals surface area contributed by atoms with Crippen LogP contribution in [0, 0.1) is 5.41 Å². The fraction of sp³-hybridized carbons (Fsp3) is 1.00. The third-order valence-electron chi connectivity index (χ3n) is 1.58. The van der Waals surface area contributed by atoms with E-state index in [1.165, 1.54) is 0 Å². The van der Waals surface area contributed by atoms with Gasteiger partial charge in [-0.3, -0.25) is 11.3 Å². The van der Waals surface area contributed by atoms with Crippen LogP contribution in [0.4, 0.5) is 0 Å². The zero-order valence-electron chi connectivity index (χ0n) is 7.27. The van der Waals surface area contributed by atoms with E-state index in [-0.39, 0.29) is 5.41 Å². The molecule has 0 aliphatic rings. The van der Waals surface area contributed by atoms with Gasteiger partial charge in [-0.2, -0.15) is 11.8 Å². The molecular formula is C7H18N2S. The first kappa shape index (κ1) is 10.3. The molecule has 0 amide bonds. The number of nitrogens with one attached hydrogen (secondary N) is 1. The fourth-order valence-corrected chi connectivity index (χ4v) is 1.64. The molecular weight excluding hydrogens is 144 g/mol. The molecule has 0 heterocycles. The van der Waals surface area contributed by atoms with Crippen LogP contribution in [-0.4, -0.2) is 18.1 Å². The molecule has 1 atom stereocenters. The number of nitrogens with two attached hydrogens (primary N) is 1. The van der Waals surface area contributed by atoms with Crippen LogP contribution < -0.4 is 11.3 Å². The van der Waals surface area contributed by atoms with Gasteiger partial charge in [-0.05, 0) is 11.7 Å². The van der Waals surface area contributed by atoms with E-state index in [4.69, 9.17) is 5.84 Å². The lowest BCUT2D eigenvalue weighted by molar-refractivity contribution is 0.294. The summed E-state index contributed by atoms with van der Waals surface area (Å²) in [5.41, 5.74) is 3.08. The van der Waals surface area contributed by atoms with Crippen molar-refractivity contribution in [1.82, 2.24) is 5.43 Å². The Kier molecular flexibility index (Phi) is 4.32. The Balaban J connectivity index is 3.81. The summed E-state index contributed by atoms with van der Waals surface area (Å²) in [6, 6.07) is 0.405. The average Bonchev–Trinajstić information content (AvgIpc) is 1.80. The topological polar surface area (TPSA) is 38.0 Å². The van der Waals surface area contributed by atoms with E-state index in [1.54, 1.807) is 0 Å². The average molecular weight is 162 g/mol. The van der Waals surface area contributed by atoms with E-state index in [0.29, 0.717) is 6.04 Å². The van der Waals surface area contributed by atoms with Crippen LogP contribution in [0.25, 0.3) is 0 Å². The summed E-state index contributed by atoms with van der Waals surface area (Å²) in [6.07, 6.45) is 2.09. The van der Waals surface area contributed by atoms with Crippen LogP contribution in [0.5, 0.6) is 0 Å². The second kappa shape index (κ2) is 4.21. The lowest BCUT2D eigenvalue weighted by Crippen LogP contribution is -2.46. The molecule has 0 spiro atoms. The van der Waals surface area contributed by atoms with Gasteiger partial charge in [0.25, 0.3) is 0 Å². The van der Waals surface area contributed by atoms with E-state index < -0.39 is 0 Å². The SMILES string of the molecule is CSCC(NN)C(C)(C)C. The lowest BCUT2D eigenvalue weighted by atomic mass is 9.88. The molecule has 0 aromatic rings. The molecule has 0 aromatic heterocycles. The smallest absolute Gasteiger partial charge is 0.0349 e. The number of hydrogen-bond donors (Lipinski definition) is 2. The van der Waals surface area contributed by atoms with Gasteiger partial charge >= 0.3 is 0 Å². The molecule has 0 saturated heterocycles. The predicted octanol–water partition coefficient (Wildman–Crippen LogP) is 1.23. The van der Waals surface area contributed by atoms with Crippen LogP contribution in [0.2, 0.25) is 0 Å². The van der Waals surface area contributed by atoms with Crippen molar-refractivity contribution in [3.05, 3.63) is 0 Å². The van der Waals surface area contributed by atoms with Gasteiger partial charge in [-0.25, -0.2) is 0 Å². The Morgan fingerprint density at radius 3 is 2.10 bits per heavy atom. The normalized spacial score (nSPS) is 15.3. The van der Waals surface area contributed by atoms with Crippen molar-refractivity contribution in [2.75, 3.05) is 12.0 Å². The highest BCUT2D eigenvalue weighted by atomic mass is 32.2. The van der Waals surface area contributed by atoms with Crippen molar-refractivity contribution in [1.29, 1.82) is 0 Å². The van der Waals surface area contributed by atoms with Gasteiger partial charge in [0.05, 0.1) is 0 Å². The van der Waals surface area contributed by atoms with Crippen molar-refractivity contribution < 1.29 is 0 Å². The first-order valence-corrected chi connectivity index (χ1v) is 4.87. The van der Waals surface area contributed by atoms with Crippen molar-refractivity contribution in [3.8, 4) is 0 Å². The van der Waals surface area contributed by atoms with Crippen molar-refractivity contribution in [2.45, 2.75) is 26.8 Å². The van der Waals surface area contributed by atoms with Crippen LogP contribution in [-0.2, 0) is 0 Å². The van der Waals surface area contributed by atoms with Gasteiger partial charge in [-0.15, -0.1) is 0 Å². The third-order valence-corrected chi connectivity index (χ3v) is 2.25. The second-order valence-electron chi connectivity index (χ2n) is 3.54. The van der Waals surface area contributed by atoms with E-state index in [1.807, 2.05) is 11.8 Å². The van der Waals surface area contributed by atoms with Gasteiger partial charge < -0.3 is 0 Å². The summed E-state index contributed by atoms with van der Waals surface area (Å²) in [5.74, 6) is 6.45. The van der Waals surface area contributed by atoms with Crippen LogP contribution in [0.1, 0.15) is 20.8 Å². The predicted molar refractivity (Wildman–Crippen MR) is 48.9 cm³/mol. The molecule has 62 valence electrons. The third kappa shape index (κ3) is 3.44. The first-order valence-electron chi connectivity index (χ1n) is 3.47. The highest BCUT2D eigenvalue weighted by Crippen LogP contribution is 2.20. The van der Waals surface area contributed by atoms with Crippen LogP contribution in [0.15, 0.2) is 0 Å². The quantitative estimate of drug-likeness (QED) is 0.484. The van der Waals surface area contributed by atoms with Crippen LogP contribution >= 0.6 is 11.8 Å². The van der Waals surface area contributed by atoms with Gasteiger partial charge in [0.2, 0.25) is 0 Å². The zero-order valence-corrected chi connectivity index (χ0v) is 8.09. The van der Waals surface area contributed by atoms with E-state index in [2.05, 4.69) is 32.5 Å². The van der Waals surface area contributed by atoms with Crippen LogP contribution in [0.3, 0.4) is 0 Å². The molecule has 0 aliphatic carbocycles. The van der Waals surface area contributed by atoms with E-state index in [9.17, 15) is 0 Å². The zero-order chi connectivity index (χ0) is 8.20. The van der Waals surface area contributed by atoms with Gasteiger partial charge in [0.15, 0.2) is 0 Å². The summed E-state index contributed by atoms with van der Waals surface area (Å²) in [4.78, 5) is 0. The first-order chi connectivity index (χ1) is 4.52. The maximum atomic E-state index is 5.38. The maximum absolute atomic E-state index is 5.38. The molecule has 0 aliphatic heterocycles. The number of rotatable bonds is 3. The second-order valence-corrected chi connectivity index (χ2v) is 4.45. The Morgan fingerprint density at radius 2 is 2.00 bits per heavy atom. The molecule has 3 heteroatoms. The Labute approximate surface area is 67.9 Å². The molecule has 0 rings (SSSR count). The number of thioether (sulfide) groups is 1. The highest BCUT2D eigenvalue weighted by Gasteiger charge is 2.22. The molecule has 2 nitrogen and oxygen atoms in total. The Bertz CT molecular complexity index is 88.1. The molecule has 10 heavy (non-hydrogen) atoms. The van der Waals surface area contributed by atoms with E-state index in [0.717, 1.165) is 5.75 Å². The van der Waals surface area contributed by atoms with Crippen molar-refractivity contribution in [2.24, 2.45) is 11.3 Å². The van der Waals surface area contributed by atoms with Gasteiger partial charge in [0.1, 0.15) is 0 Å². The summed E-state index contributed by atoms with van der Waals surface area (Å²) in [6.45, 7) is 6.56. The largest absolute Gasteiger partial charge is 0.271 e. The minimum atomic E-state index is 0.262. The Hall–Kier alpha value is 0.270. The monoisotopic (exact) mass is 162 g/mol. The van der Waals surface area contributed by atoms with Gasteiger partial charge in [-0.1, -0.05) is 20.8 Å². The lowest BCUT2D eigenvalue weighted by Gasteiger charge is -2.29. The minimum Gasteiger partial charge on any atom is -0.271 e. The minimum absolute atomic E-state index is 0.262. The molecule has 0 fully saturated rings. The van der Waals surface area contributed by atoms with Gasteiger partial charge in [0, 0.05) is 11.8 Å². The highest BCUT2D eigenvalue weighted by molar-refractivity contribution is 7.98. The molecule has 0 radical (unpaired) electrons. The molecule has 0 bridgehead atoms. The fourth-order valence-electron chi connectivity index (χ4n) is 0.715. The van der Waals surface area contributed by atoms with E-state index >= 15 is 0 Å². The summed E-state index contributed by atoms with van der Waals surface area (Å²) < 4.78 is 0. The molecule has 1 unspecified atom stereocenters. The maximum Gasteiger partial charge on any atom is 0.0349 e. The molecule has 0 aromatic carbocycles. The summed E-state index contributed by atoms with van der Waals surface area (Å²) in [5, 5.41) is 0. The van der Waals surface area contributed by atoms with Crippen molar-refractivity contribution >= 4 is 11.8 Å². The number of hydrogen-bond acceptors (Lipinski definition) is 3. The Morgan fingerprint density at radius 1 is 1.50 bits per heavy atom.